The molecule has 1 amide bonds. The lowest BCUT2D eigenvalue weighted by Crippen LogP contribution is -2.35. The maximum absolute atomic E-state index is 12.6. The summed E-state index contributed by atoms with van der Waals surface area (Å²) in [6.07, 6.45) is 0.745. The van der Waals surface area contributed by atoms with Gasteiger partial charge in [-0.15, -0.1) is 22.7 Å². The molecule has 1 aliphatic rings. The Morgan fingerprint density at radius 1 is 1.31 bits per heavy atom. The van der Waals surface area contributed by atoms with Crippen molar-refractivity contribution in [1.82, 2.24) is 4.90 Å². The number of hydrogen-bond donors (Lipinski definition) is 1. The van der Waals surface area contributed by atoms with Crippen molar-refractivity contribution in [3.8, 4) is 0 Å². The van der Waals surface area contributed by atoms with Crippen LogP contribution in [0.1, 0.15) is 45.0 Å². The van der Waals surface area contributed by atoms with E-state index in [1.165, 1.54) is 24.5 Å². The van der Waals surface area contributed by atoms with Crippen LogP contribution < -0.4 is 5.32 Å². The first-order valence-electron chi connectivity index (χ1n) is 8.04. The maximum atomic E-state index is 12.6. The van der Waals surface area contributed by atoms with E-state index < -0.39 is 5.97 Å². The molecular formula is C17H18Cl2N2O3S2. The number of carbonyl (C=O) groups excluding carboxylic acids is 2. The van der Waals surface area contributed by atoms with Crippen molar-refractivity contribution < 1.29 is 14.3 Å². The van der Waals surface area contributed by atoms with Crippen molar-refractivity contribution in [2.75, 3.05) is 19.0 Å². The number of esters is 1. The summed E-state index contributed by atoms with van der Waals surface area (Å²) < 4.78 is 5.70. The molecule has 9 heteroatoms. The van der Waals surface area contributed by atoms with Gasteiger partial charge in [0.05, 0.1) is 22.6 Å². The molecule has 0 bridgehead atoms. The summed E-state index contributed by atoms with van der Waals surface area (Å²) in [5.41, 5.74) is 1.71. The van der Waals surface area contributed by atoms with Crippen LogP contribution in [-0.4, -0.2) is 36.5 Å². The van der Waals surface area contributed by atoms with Crippen LogP contribution in [-0.2, 0) is 17.7 Å². The van der Waals surface area contributed by atoms with E-state index in [1.807, 2.05) is 0 Å². The number of halogens is 2. The minimum absolute atomic E-state index is 0.299. The number of ether oxygens (including phenoxy) is 1. The Balaban J connectivity index is 1.95. The van der Waals surface area contributed by atoms with Crippen LogP contribution in [0.4, 0.5) is 5.00 Å². The summed E-state index contributed by atoms with van der Waals surface area (Å²) in [5.74, 6) is -0.826. The van der Waals surface area contributed by atoms with E-state index in [4.69, 9.17) is 27.9 Å². The lowest BCUT2D eigenvalue weighted by molar-refractivity contribution is 0.0600. The molecule has 1 N–H and O–H groups in total. The molecule has 0 spiro atoms. The second-order valence-corrected chi connectivity index (χ2v) is 9.60. The molecule has 0 aliphatic carbocycles. The average Bonchev–Trinajstić information content (AvgIpc) is 3.12. The molecule has 0 saturated carbocycles. The van der Waals surface area contributed by atoms with Gasteiger partial charge in [0.1, 0.15) is 9.34 Å². The molecule has 140 valence electrons. The van der Waals surface area contributed by atoms with Gasteiger partial charge in [-0.1, -0.05) is 23.2 Å². The Hall–Kier alpha value is -1.12. The predicted octanol–water partition coefficient (Wildman–Crippen LogP) is 4.92. The van der Waals surface area contributed by atoms with Crippen LogP contribution in [0.2, 0.25) is 8.67 Å². The van der Waals surface area contributed by atoms with Gasteiger partial charge >= 0.3 is 5.97 Å². The first-order valence-corrected chi connectivity index (χ1v) is 10.4. The molecular weight excluding hydrogens is 415 g/mol. The SMILES string of the molecule is COC(=O)c1c(NC(=O)c2cc(Cl)sc2Cl)sc2c1CCN(C(C)C)C2. The minimum atomic E-state index is -0.440. The maximum Gasteiger partial charge on any atom is 0.341 e. The van der Waals surface area contributed by atoms with E-state index in [0.29, 0.717) is 30.8 Å². The predicted molar refractivity (Wildman–Crippen MR) is 107 cm³/mol. The zero-order chi connectivity index (χ0) is 19.0. The Morgan fingerprint density at radius 2 is 2.04 bits per heavy atom. The largest absolute Gasteiger partial charge is 0.465 e. The molecule has 3 rings (SSSR count). The number of thiophene rings is 2. The van der Waals surface area contributed by atoms with Gasteiger partial charge in [-0.2, -0.15) is 0 Å². The number of amides is 1. The molecule has 0 aromatic carbocycles. The van der Waals surface area contributed by atoms with Crippen LogP contribution in [0, 0.1) is 0 Å². The van der Waals surface area contributed by atoms with Crippen molar-refractivity contribution in [2.45, 2.75) is 32.9 Å². The number of carbonyl (C=O) groups is 2. The van der Waals surface area contributed by atoms with Crippen molar-refractivity contribution in [3.05, 3.63) is 36.3 Å². The molecule has 0 saturated heterocycles. The molecule has 5 nitrogen and oxygen atoms in total. The average molecular weight is 433 g/mol. The topological polar surface area (TPSA) is 58.6 Å². The second-order valence-electron chi connectivity index (χ2n) is 6.21. The zero-order valence-corrected chi connectivity index (χ0v) is 17.7. The van der Waals surface area contributed by atoms with E-state index in [9.17, 15) is 9.59 Å². The van der Waals surface area contributed by atoms with Crippen molar-refractivity contribution >= 4 is 62.8 Å². The summed E-state index contributed by atoms with van der Waals surface area (Å²) in [6.45, 7) is 5.91. The minimum Gasteiger partial charge on any atom is -0.465 e. The smallest absolute Gasteiger partial charge is 0.341 e. The number of hydrogen-bond acceptors (Lipinski definition) is 6. The van der Waals surface area contributed by atoms with E-state index >= 15 is 0 Å². The summed E-state index contributed by atoms with van der Waals surface area (Å²) in [4.78, 5) is 28.4. The number of fused-ring (bicyclic) bond motifs is 1. The molecule has 1 aliphatic heterocycles. The Bertz CT molecular complexity index is 861. The first kappa shape index (κ1) is 19.6. The highest BCUT2D eigenvalue weighted by Crippen LogP contribution is 2.39. The summed E-state index contributed by atoms with van der Waals surface area (Å²) in [5, 5.41) is 3.32. The molecule has 2 aromatic heterocycles. The molecule has 0 unspecified atom stereocenters. The summed E-state index contributed by atoms with van der Waals surface area (Å²) in [6, 6.07) is 1.94. The number of rotatable bonds is 4. The fraction of sp³-hybridized carbons (Fsp3) is 0.412. The second kappa shape index (κ2) is 7.86. The highest BCUT2D eigenvalue weighted by molar-refractivity contribution is 7.20. The zero-order valence-electron chi connectivity index (χ0n) is 14.5. The molecule has 0 radical (unpaired) electrons. The van der Waals surface area contributed by atoms with Gasteiger partial charge in [0.25, 0.3) is 5.91 Å². The van der Waals surface area contributed by atoms with Crippen LogP contribution in [0.5, 0.6) is 0 Å². The molecule has 2 aromatic rings. The number of nitrogens with one attached hydrogen (secondary N) is 1. The van der Waals surface area contributed by atoms with Gasteiger partial charge in [-0.3, -0.25) is 9.69 Å². The highest BCUT2D eigenvalue weighted by atomic mass is 35.5. The van der Waals surface area contributed by atoms with E-state index in [2.05, 4.69) is 24.1 Å². The van der Waals surface area contributed by atoms with Crippen LogP contribution >= 0.6 is 45.9 Å². The third kappa shape index (κ3) is 3.77. The Kier molecular flexibility index (Phi) is 5.94. The lowest BCUT2D eigenvalue weighted by atomic mass is 10.0. The van der Waals surface area contributed by atoms with E-state index in [0.717, 1.165) is 41.3 Å². The molecule has 0 fully saturated rings. The summed E-state index contributed by atoms with van der Waals surface area (Å²) in [7, 11) is 1.34. The van der Waals surface area contributed by atoms with E-state index in [-0.39, 0.29) is 5.91 Å². The van der Waals surface area contributed by atoms with Crippen molar-refractivity contribution in [1.29, 1.82) is 0 Å². The number of methoxy groups -OCH3 is 1. The van der Waals surface area contributed by atoms with Gasteiger partial charge in [-0.05, 0) is 31.9 Å². The lowest BCUT2D eigenvalue weighted by Gasteiger charge is -2.30. The summed E-state index contributed by atoms with van der Waals surface area (Å²) >= 11 is 14.5. The third-order valence-electron chi connectivity index (χ3n) is 4.33. The molecule has 26 heavy (non-hydrogen) atoms. The third-order valence-corrected chi connectivity index (χ3v) is 6.95. The van der Waals surface area contributed by atoms with Gasteiger partial charge in [0.2, 0.25) is 0 Å². The van der Waals surface area contributed by atoms with Crippen molar-refractivity contribution in [3.63, 3.8) is 0 Å². The Labute approximate surface area is 169 Å². The first-order chi connectivity index (χ1) is 12.3. The van der Waals surface area contributed by atoms with E-state index in [1.54, 1.807) is 0 Å². The highest BCUT2D eigenvalue weighted by Gasteiger charge is 2.30. The Morgan fingerprint density at radius 3 is 2.62 bits per heavy atom. The molecule has 0 atom stereocenters. The standard InChI is InChI=1S/C17H18Cl2N2O3S2/c1-8(2)21-5-4-9-11(7-21)25-16(13(9)17(23)24-3)20-15(22)10-6-12(18)26-14(10)19/h6,8H,4-5,7H2,1-3H3,(H,20,22). The van der Waals surface area contributed by atoms with Gasteiger partial charge in [-0.25, -0.2) is 4.79 Å². The van der Waals surface area contributed by atoms with Crippen LogP contribution in [0.3, 0.4) is 0 Å². The van der Waals surface area contributed by atoms with Gasteiger partial charge in [0, 0.05) is 24.0 Å². The normalized spacial score (nSPS) is 14.4. The fourth-order valence-electron chi connectivity index (χ4n) is 2.94. The quantitative estimate of drug-likeness (QED) is 0.696. The van der Waals surface area contributed by atoms with Gasteiger partial charge < -0.3 is 10.1 Å². The van der Waals surface area contributed by atoms with Crippen LogP contribution in [0.15, 0.2) is 6.07 Å². The monoisotopic (exact) mass is 432 g/mol. The number of anilines is 1. The number of nitrogens with zero attached hydrogens (tertiary/aromatic N) is 1. The van der Waals surface area contributed by atoms with Crippen LogP contribution in [0.25, 0.3) is 0 Å². The molecule has 3 heterocycles. The van der Waals surface area contributed by atoms with Gasteiger partial charge in [0.15, 0.2) is 0 Å². The fourth-order valence-corrected chi connectivity index (χ4v) is 5.65. The van der Waals surface area contributed by atoms with Crippen molar-refractivity contribution in [2.24, 2.45) is 0 Å².